The van der Waals surface area contributed by atoms with Crippen LogP contribution >= 0.6 is 0 Å². The molecule has 2 aliphatic carbocycles. The van der Waals surface area contributed by atoms with Gasteiger partial charge in [0.15, 0.2) is 0 Å². The number of aliphatic hydroxyl groups excluding tert-OH is 1. The van der Waals surface area contributed by atoms with E-state index in [0.717, 1.165) is 24.7 Å². The van der Waals surface area contributed by atoms with E-state index in [1.807, 2.05) is 20.8 Å². The van der Waals surface area contributed by atoms with E-state index in [-0.39, 0.29) is 18.1 Å². The van der Waals surface area contributed by atoms with Gasteiger partial charge < -0.3 is 15.2 Å². The molecule has 2 rings (SSSR count). The second-order valence-corrected chi connectivity index (χ2v) is 6.68. The molecule has 17 heavy (non-hydrogen) atoms. The van der Waals surface area contributed by atoms with Crippen LogP contribution in [0.1, 0.15) is 40.0 Å². The summed E-state index contributed by atoms with van der Waals surface area (Å²) in [5.74, 6) is 1.59. The topological polar surface area (TPSA) is 58.6 Å². The number of amides is 1. The fourth-order valence-corrected chi connectivity index (χ4v) is 2.91. The molecule has 0 spiro atoms. The van der Waals surface area contributed by atoms with Crippen molar-refractivity contribution in [2.24, 2.45) is 17.3 Å². The molecule has 0 saturated heterocycles. The van der Waals surface area contributed by atoms with Crippen LogP contribution in [0, 0.1) is 17.3 Å². The van der Waals surface area contributed by atoms with Crippen LogP contribution in [0.15, 0.2) is 0 Å². The molecule has 2 unspecified atom stereocenters. The first-order valence-electron chi connectivity index (χ1n) is 6.41. The van der Waals surface area contributed by atoms with Crippen molar-refractivity contribution in [1.29, 1.82) is 0 Å². The van der Waals surface area contributed by atoms with Crippen molar-refractivity contribution in [2.75, 3.05) is 13.2 Å². The molecule has 0 aromatic carbocycles. The third kappa shape index (κ3) is 3.12. The first-order valence-corrected chi connectivity index (χ1v) is 6.41. The lowest BCUT2D eigenvalue weighted by atomic mass is 9.84. The van der Waals surface area contributed by atoms with Gasteiger partial charge >= 0.3 is 6.09 Å². The van der Waals surface area contributed by atoms with Gasteiger partial charge in [-0.2, -0.15) is 0 Å². The van der Waals surface area contributed by atoms with Gasteiger partial charge in [0.05, 0.1) is 6.61 Å². The lowest BCUT2D eigenvalue weighted by Gasteiger charge is -2.29. The second-order valence-electron chi connectivity index (χ2n) is 6.68. The van der Waals surface area contributed by atoms with Crippen molar-refractivity contribution in [3.63, 3.8) is 0 Å². The molecule has 0 heterocycles. The SMILES string of the molecule is CC(C)(C)OC(=O)NCC1(CO)CC2CC2C1. The number of fused-ring (bicyclic) bond motifs is 1. The van der Waals surface area contributed by atoms with Crippen LogP contribution < -0.4 is 5.32 Å². The van der Waals surface area contributed by atoms with Gasteiger partial charge in [0.1, 0.15) is 5.60 Å². The highest BCUT2D eigenvalue weighted by Gasteiger charge is 2.53. The van der Waals surface area contributed by atoms with Crippen LogP contribution in [0.25, 0.3) is 0 Å². The maximum Gasteiger partial charge on any atom is 0.407 e. The maximum atomic E-state index is 11.6. The average molecular weight is 241 g/mol. The number of hydrogen-bond acceptors (Lipinski definition) is 3. The largest absolute Gasteiger partial charge is 0.444 e. The highest BCUT2D eigenvalue weighted by molar-refractivity contribution is 5.67. The Bertz CT molecular complexity index is 298. The zero-order chi connectivity index (χ0) is 12.7. The predicted octanol–water partition coefficient (Wildman–Crippen LogP) is 1.92. The van der Waals surface area contributed by atoms with Gasteiger partial charge in [-0.05, 0) is 51.9 Å². The van der Waals surface area contributed by atoms with Crippen molar-refractivity contribution in [3.05, 3.63) is 0 Å². The number of aliphatic hydroxyl groups is 1. The van der Waals surface area contributed by atoms with Crippen molar-refractivity contribution in [2.45, 2.75) is 45.6 Å². The second kappa shape index (κ2) is 4.16. The van der Waals surface area contributed by atoms with Crippen molar-refractivity contribution in [3.8, 4) is 0 Å². The van der Waals surface area contributed by atoms with Crippen molar-refractivity contribution >= 4 is 6.09 Å². The summed E-state index contributed by atoms with van der Waals surface area (Å²) in [7, 11) is 0. The van der Waals surface area contributed by atoms with E-state index in [1.54, 1.807) is 0 Å². The Morgan fingerprint density at radius 3 is 2.47 bits per heavy atom. The Morgan fingerprint density at radius 2 is 2.00 bits per heavy atom. The maximum absolute atomic E-state index is 11.6. The molecule has 0 aliphatic heterocycles. The molecule has 0 radical (unpaired) electrons. The molecular formula is C13H23NO3. The minimum Gasteiger partial charge on any atom is -0.444 e. The zero-order valence-corrected chi connectivity index (χ0v) is 11.0. The van der Waals surface area contributed by atoms with Gasteiger partial charge in [-0.1, -0.05) is 0 Å². The van der Waals surface area contributed by atoms with Gasteiger partial charge in [0.2, 0.25) is 0 Å². The van der Waals surface area contributed by atoms with E-state index < -0.39 is 5.60 Å². The molecule has 2 N–H and O–H groups in total. The van der Waals surface area contributed by atoms with Crippen LogP contribution in [-0.2, 0) is 4.74 Å². The molecule has 2 fully saturated rings. The Balaban J connectivity index is 1.79. The number of alkyl carbamates (subject to hydrolysis) is 1. The van der Waals surface area contributed by atoms with Crippen LogP contribution in [0.4, 0.5) is 4.79 Å². The minimum absolute atomic E-state index is 0.0928. The first kappa shape index (κ1) is 12.7. The summed E-state index contributed by atoms with van der Waals surface area (Å²) in [6.07, 6.45) is 3.02. The van der Waals surface area contributed by atoms with Crippen LogP contribution in [-0.4, -0.2) is 30.0 Å². The molecule has 2 aliphatic rings. The van der Waals surface area contributed by atoms with E-state index >= 15 is 0 Å². The molecule has 0 aromatic heterocycles. The smallest absolute Gasteiger partial charge is 0.407 e. The normalized spacial score (nSPS) is 35.3. The molecule has 2 saturated carbocycles. The van der Waals surface area contributed by atoms with Gasteiger partial charge in [0.25, 0.3) is 0 Å². The Hall–Kier alpha value is -0.770. The molecule has 4 heteroatoms. The van der Waals surface area contributed by atoms with E-state index in [4.69, 9.17) is 4.74 Å². The van der Waals surface area contributed by atoms with Gasteiger partial charge in [0, 0.05) is 12.0 Å². The van der Waals surface area contributed by atoms with Gasteiger partial charge in [-0.3, -0.25) is 0 Å². The van der Waals surface area contributed by atoms with Gasteiger partial charge in [-0.25, -0.2) is 4.79 Å². The summed E-state index contributed by atoms with van der Waals surface area (Å²) in [6, 6.07) is 0. The summed E-state index contributed by atoms with van der Waals surface area (Å²) in [5, 5.41) is 12.3. The third-order valence-electron chi connectivity index (χ3n) is 3.80. The third-order valence-corrected chi connectivity index (χ3v) is 3.80. The molecule has 0 aromatic rings. The number of ether oxygens (including phenoxy) is 1. The van der Waals surface area contributed by atoms with Crippen molar-refractivity contribution < 1.29 is 14.6 Å². The fourth-order valence-electron chi connectivity index (χ4n) is 2.91. The number of carbonyl (C=O) groups excluding carboxylic acids is 1. The quantitative estimate of drug-likeness (QED) is 0.793. The highest BCUT2D eigenvalue weighted by atomic mass is 16.6. The number of hydrogen-bond donors (Lipinski definition) is 2. The minimum atomic E-state index is -0.464. The number of rotatable bonds is 3. The molecule has 1 amide bonds. The van der Waals surface area contributed by atoms with Crippen LogP contribution in [0.5, 0.6) is 0 Å². The summed E-state index contributed by atoms with van der Waals surface area (Å²) in [5.41, 5.74) is -0.557. The standard InChI is InChI=1S/C13H23NO3/c1-12(2,3)17-11(16)14-7-13(8-15)5-9-4-10(9)6-13/h9-10,15H,4-8H2,1-3H3,(H,14,16). The molecule has 4 nitrogen and oxygen atoms in total. The Morgan fingerprint density at radius 1 is 1.41 bits per heavy atom. The number of nitrogens with one attached hydrogen (secondary N) is 1. The number of carbonyl (C=O) groups is 1. The van der Waals surface area contributed by atoms with E-state index in [9.17, 15) is 9.90 Å². The summed E-state index contributed by atoms with van der Waals surface area (Å²) in [6.45, 7) is 6.23. The lowest BCUT2D eigenvalue weighted by Crippen LogP contribution is -2.41. The highest BCUT2D eigenvalue weighted by Crippen LogP contribution is 2.59. The van der Waals surface area contributed by atoms with Crippen LogP contribution in [0.2, 0.25) is 0 Å². The molecule has 0 bridgehead atoms. The summed E-state index contributed by atoms with van der Waals surface area (Å²) < 4.78 is 5.19. The predicted molar refractivity (Wildman–Crippen MR) is 64.6 cm³/mol. The Kier molecular flexibility index (Phi) is 3.10. The lowest BCUT2D eigenvalue weighted by molar-refractivity contribution is 0.0459. The zero-order valence-electron chi connectivity index (χ0n) is 11.0. The molecular weight excluding hydrogens is 218 g/mol. The molecule has 2 atom stereocenters. The molecule has 98 valence electrons. The summed E-state index contributed by atoms with van der Waals surface area (Å²) >= 11 is 0. The fraction of sp³-hybridized carbons (Fsp3) is 0.923. The summed E-state index contributed by atoms with van der Waals surface area (Å²) in [4.78, 5) is 11.6. The van der Waals surface area contributed by atoms with Gasteiger partial charge in [-0.15, -0.1) is 0 Å². The van der Waals surface area contributed by atoms with E-state index in [1.165, 1.54) is 6.42 Å². The van der Waals surface area contributed by atoms with Crippen molar-refractivity contribution in [1.82, 2.24) is 5.32 Å². The average Bonchev–Trinajstić information content (AvgIpc) is 2.82. The first-order chi connectivity index (χ1) is 7.84. The van der Waals surface area contributed by atoms with E-state index in [2.05, 4.69) is 5.32 Å². The Labute approximate surface area is 103 Å². The van der Waals surface area contributed by atoms with Crippen LogP contribution in [0.3, 0.4) is 0 Å². The monoisotopic (exact) mass is 241 g/mol. The van der Waals surface area contributed by atoms with E-state index in [0.29, 0.717) is 6.54 Å².